The molecule has 4 nitrogen and oxygen atoms in total. The van der Waals surface area contributed by atoms with Crippen LogP contribution < -0.4 is 0 Å². The number of piperidine rings is 1. The van der Waals surface area contributed by atoms with Gasteiger partial charge in [0.2, 0.25) is 0 Å². The Kier molecular flexibility index (Phi) is 3.66. The minimum Gasteiger partial charge on any atom is -0.445 e. The molecular weight excluding hydrogens is 252 g/mol. The smallest absolute Gasteiger partial charge is 0.410 e. The van der Waals surface area contributed by atoms with E-state index < -0.39 is 0 Å². The normalized spacial score (nSPS) is 26.4. The zero-order valence-electron chi connectivity index (χ0n) is 12.0. The maximum absolute atomic E-state index is 12.3. The van der Waals surface area contributed by atoms with E-state index in [1.807, 2.05) is 35.2 Å². The Bertz CT molecular complexity index is 477. The number of benzene rings is 1. The molecule has 2 heterocycles. The Labute approximate surface area is 120 Å². The van der Waals surface area contributed by atoms with Crippen molar-refractivity contribution in [2.75, 3.05) is 26.7 Å². The number of hydrogen-bond donors (Lipinski definition) is 0. The van der Waals surface area contributed by atoms with E-state index in [2.05, 4.69) is 11.9 Å². The lowest BCUT2D eigenvalue weighted by Gasteiger charge is -2.55. The fourth-order valence-corrected chi connectivity index (χ4v) is 3.38. The standard InChI is InChI=1S/C16H22N2O2/c1-17-10-5-8-16(13-17)9-11-18(16)15(19)20-12-14-6-3-2-4-7-14/h2-4,6-7H,5,8-13H2,1H3. The number of nitrogens with zero attached hydrogens (tertiary/aromatic N) is 2. The van der Waals surface area contributed by atoms with Crippen LogP contribution in [-0.4, -0.2) is 48.1 Å². The van der Waals surface area contributed by atoms with Gasteiger partial charge in [0.25, 0.3) is 0 Å². The molecule has 2 aliphatic rings. The number of hydrogen-bond acceptors (Lipinski definition) is 3. The highest BCUT2D eigenvalue weighted by molar-refractivity contribution is 5.70. The van der Waals surface area contributed by atoms with Crippen molar-refractivity contribution in [3.8, 4) is 0 Å². The molecule has 1 amide bonds. The van der Waals surface area contributed by atoms with Gasteiger partial charge in [-0.3, -0.25) is 0 Å². The molecule has 1 aromatic carbocycles. The molecule has 1 aromatic rings. The first kappa shape index (κ1) is 13.4. The van der Waals surface area contributed by atoms with Crippen LogP contribution in [0.4, 0.5) is 4.79 Å². The van der Waals surface area contributed by atoms with Crippen molar-refractivity contribution in [2.24, 2.45) is 0 Å². The maximum atomic E-state index is 12.3. The number of carbonyl (C=O) groups is 1. The van der Waals surface area contributed by atoms with Gasteiger partial charge in [-0.1, -0.05) is 30.3 Å². The van der Waals surface area contributed by atoms with E-state index in [9.17, 15) is 4.79 Å². The van der Waals surface area contributed by atoms with Crippen LogP contribution >= 0.6 is 0 Å². The predicted molar refractivity (Wildman–Crippen MR) is 77.4 cm³/mol. The van der Waals surface area contributed by atoms with Crippen LogP contribution in [0.5, 0.6) is 0 Å². The average Bonchev–Trinajstić information content (AvgIpc) is 2.45. The summed E-state index contributed by atoms with van der Waals surface area (Å²) in [6, 6.07) is 9.85. The molecule has 0 radical (unpaired) electrons. The van der Waals surface area contributed by atoms with Crippen molar-refractivity contribution < 1.29 is 9.53 Å². The average molecular weight is 274 g/mol. The third-order valence-corrected chi connectivity index (χ3v) is 4.55. The molecular formula is C16H22N2O2. The lowest BCUT2D eigenvalue weighted by molar-refractivity contribution is -0.0532. The molecule has 2 aliphatic heterocycles. The number of likely N-dealkylation sites (tertiary alicyclic amines) is 2. The molecule has 20 heavy (non-hydrogen) atoms. The Morgan fingerprint density at radius 1 is 1.25 bits per heavy atom. The van der Waals surface area contributed by atoms with Crippen LogP contribution in [0.2, 0.25) is 0 Å². The van der Waals surface area contributed by atoms with Gasteiger partial charge in [0, 0.05) is 13.1 Å². The van der Waals surface area contributed by atoms with Crippen molar-refractivity contribution in [3.63, 3.8) is 0 Å². The van der Waals surface area contributed by atoms with Crippen LogP contribution in [0.25, 0.3) is 0 Å². The minimum atomic E-state index is -0.157. The predicted octanol–water partition coefficient (Wildman–Crippen LogP) is 2.49. The van der Waals surface area contributed by atoms with Gasteiger partial charge in [-0.2, -0.15) is 0 Å². The third kappa shape index (κ3) is 2.52. The SMILES string of the molecule is CN1CCCC2(CCN2C(=O)OCc2ccccc2)C1. The van der Waals surface area contributed by atoms with Crippen LogP contribution in [0.3, 0.4) is 0 Å². The van der Waals surface area contributed by atoms with E-state index in [0.29, 0.717) is 6.61 Å². The summed E-state index contributed by atoms with van der Waals surface area (Å²) in [5.74, 6) is 0. The Morgan fingerprint density at radius 2 is 2.05 bits per heavy atom. The minimum absolute atomic E-state index is 0.0424. The molecule has 0 aromatic heterocycles. The van der Waals surface area contributed by atoms with Gasteiger partial charge in [-0.25, -0.2) is 4.79 Å². The van der Waals surface area contributed by atoms with E-state index in [1.165, 1.54) is 6.42 Å². The van der Waals surface area contributed by atoms with Crippen LogP contribution in [-0.2, 0) is 11.3 Å². The Hall–Kier alpha value is -1.55. The Balaban J connectivity index is 1.57. The van der Waals surface area contributed by atoms with Gasteiger partial charge < -0.3 is 14.5 Å². The number of amides is 1. The van der Waals surface area contributed by atoms with Crippen molar-refractivity contribution in [3.05, 3.63) is 35.9 Å². The topological polar surface area (TPSA) is 32.8 Å². The monoisotopic (exact) mass is 274 g/mol. The highest BCUT2D eigenvalue weighted by atomic mass is 16.6. The first-order valence-electron chi connectivity index (χ1n) is 7.36. The number of rotatable bonds is 2. The second kappa shape index (κ2) is 5.44. The summed E-state index contributed by atoms with van der Waals surface area (Å²) in [6.45, 7) is 3.31. The molecule has 0 bridgehead atoms. The highest BCUT2D eigenvalue weighted by Gasteiger charge is 2.49. The van der Waals surface area contributed by atoms with Gasteiger partial charge in [0.15, 0.2) is 0 Å². The molecule has 2 saturated heterocycles. The van der Waals surface area contributed by atoms with Gasteiger partial charge >= 0.3 is 6.09 Å². The molecule has 1 atom stereocenters. The quantitative estimate of drug-likeness (QED) is 0.830. The molecule has 3 rings (SSSR count). The highest BCUT2D eigenvalue weighted by Crippen LogP contribution is 2.38. The molecule has 4 heteroatoms. The molecule has 1 unspecified atom stereocenters. The van der Waals surface area contributed by atoms with Gasteiger partial charge in [-0.15, -0.1) is 0 Å². The lowest BCUT2D eigenvalue weighted by atomic mass is 9.78. The van der Waals surface area contributed by atoms with E-state index in [0.717, 1.165) is 38.0 Å². The first-order valence-corrected chi connectivity index (χ1v) is 7.36. The van der Waals surface area contributed by atoms with E-state index in [1.54, 1.807) is 0 Å². The summed E-state index contributed by atoms with van der Waals surface area (Å²) in [4.78, 5) is 16.5. The van der Waals surface area contributed by atoms with Crippen molar-refractivity contribution in [1.82, 2.24) is 9.80 Å². The number of likely N-dealkylation sites (N-methyl/N-ethyl adjacent to an activating group) is 1. The van der Waals surface area contributed by atoms with Crippen LogP contribution in [0.1, 0.15) is 24.8 Å². The summed E-state index contributed by atoms with van der Waals surface area (Å²) in [5.41, 5.74) is 1.08. The van der Waals surface area contributed by atoms with E-state index >= 15 is 0 Å². The maximum Gasteiger partial charge on any atom is 0.410 e. The summed E-state index contributed by atoms with van der Waals surface area (Å²) in [5, 5.41) is 0. The molecule has 108 valence electrons. The summed E-state index contributed by atoms with van der Waals surface area (Å²) in [7, 11) is 2.13. The summed E-state index contributed by atoms with van der Waals surface area (Å²) >= 11 is 0. The Morgan fingerprint density at radius 3 is 2.70 bits per heavy atom. The summed E-state index contributed by atoms with van der Waals surface area (Å²) < 4.78 is 5.46. The molecule has 2 fully saturated rings. The van der Waals surface area contributed by atoms with Crippen molar-refractivity contribution in [2.45, 2.75) is 31.4 Å². The zero-order valence-corrected chi connectivity index (χ0v) is 12.0. The second-order valence-corrected chi connectivity index (χ2v) is 6.01. The largest absolute Gasteiger partial charge is 0.445 e. The summed E-state index contributed by atoms with van der Waals surface area (Å²) in [6.07, 6.45) is 3.23. The van der Waals surface area contributed by atoms with Crippen LogP contribution in [0.15, 0.2) is 30.3 Å². The molecule has 0 saturated carbocycles. The molecule has 0 aliphatic carbocycles. The van der Waals surface area contributed by atoms with Crippen molar-refractivity contribution >= 4 is 6.09 Å². The first-order chi connectivity index (χ1) is 9.70. The second-order valence-electron chi connectivity index (χ2n) is 6.01. The van der Waals surface area contributed by atoms with Gasteiger partial charge in [0.1, 0.15) is 6.61 Å². The van der Waals surface area contributed by atoms with Crippen molar-refractivity contribution in [1.29, 1.82) is 0 Å². The number of carbonyl (C=O) groups excluding carboxylic acids is 1. The van der Waals surface area contributed by atoms with E-state index in [4.69, 9.17) is 4.74 Å². The van der Waals surface area contributed by atoms with Crippen LogP contribution in [0, 0.1) is 0 Å². The van der Waals surface area contributed by atoms with E-state index in [-0.39, 0.29) is 11.6 Å². The molecule has 0 N–H and O–H groups in total. The number of ether oxygens (including phenoxy) is 1. The molecule has 1 spiro atoms. The zero-order chi connectivity index (χ0) is 14.0. The lowest BCUT2D eigenvalue weighted by Crippen LogP contribution is -2.68. The fraction of sp³-hybridized carbons (Fsp3) is 0.562. The fourth-order valence-electron chi connectivity index (χ4n) is 3.38. The van der Waals surface area contributed by atoms with Gasteiger partial charge in [0.05, 0.1) is 5.54 Å². The third-order valence-electron chi connectivity index (χ3n) is 4.55. The van der Waals surface area contributed by atoms with Gasteiger partial charge in [-0.05, 0) is 38.4 Å².